The van der Waals surface area contributed by atoms with Crippen LogP contribution in [0.5, 0.6) is 0 Å². The van der Waals surface area contributed by atoms with Crippen molar-refractivity contribution in [3.63, 3.8) is 0 Å². The van der Waals surface area contributed by atoms with Crippen molar-refractivity contribution in [3.8, 4) is 0 Å². The fraction of sp³-hybridized carbons (Fsp3) is 0.375. The van der Waals surface area contributed by atoms with Crippen molar-refractivity contribution < 1.29 is 5.11 Å². The van der Waals surface area contributed by atoms with Crippen LogP contribution in [-0.4, -0.2) is 15.8 Å². The number of nitrogens with two attached hydrogens (primary N) is 1. The fourth-order valence-corrected chi connectivity index (χ4v) is 0.869. The zero-order valence-corrected chi connectivity index (χ0v) is 6.49. The van der Waals surface area contributed by atoms with Crippen molar-refractivity contribution in [2.45, 2.75) is 19.1 Å². The second-order valence-corrected chi connectivity index (χ2v) is 2.86. The Hall–Kier alpha value is -0.930. The molecule has 0 bridgehead atoms. The van der Waals surface area contributed by atoms with Gasteiger partial charge in [-0.3, -0.25) is 4.98 Å². The smallest absolute Gasteiger partial charge is 0.116 e. The van der Waals surface area contributed by atoms with Crippen LogP contribution >= 0.6 is 0 Å². The van der Waals surface area contributed by atoms with Gasteiger partial charge in [0.15, 0.2) is 0 Å². The lowest BCUT2D eigenvalue weighted by atomic mass is 10.1. The number of pyridine rings is 1. The molecule has 1 atom stereocenters. The molecule has 60 valence electrons. The summed E-state index contributed by atoms with van der Waals surface area (Å²) in [5.74, 6) is 0. The number of rotatable bonds is 2. The van der Waals surface area contributed by atoms with Crippen LogP contribution in [0.4, 0.5) is 0 Å². The van der Waals surface area contributed by atoms with Gasteiger partial charge in [0, 0.05) is 18.3 Å². The summed E-state index contributed by atoms with van der Waals surface area (Å²) in [6.45, 7) is 1.56. The van der Waals surface area contributed by atoms with Crippen molar-refractivity contribution >= 4 is 0 Å². The van der Waals surface area contributed by atoms with E-state index >= 15 is 0 Å². The van der Waals surface area contributed by atoms with E-state index in [9.17, 15) is 5.11 Å². The van der Waals surface area contributed by atoms with Gasteiger partial charge in [0.25, 0.3) is 0 Å². The minimum Gasteiger partial charge on any atom is -0.376 e. The summed E-state index contributed by atoms with van der Waals surface area (Å²) in [4.78, 5) is 4.02. The Kier molecular flexibility index (Phi) is 2.22. The number of nitrogens with zero attached hydrogens (tertiary/aromatic N) is 1. The van der Waals surface area contributed by atoms with E-state index in [1.807, 2.05) is 18.2 Å². The standard InChI is InChI=1S/C8H12N2O/c1-8(9,11)6-7-4-2-3-5-10-7/h2-5,11H,6,9H2,1H3. The molecular formula is C8H12N2O. The fourth-order valence-electron chi connectivity index (χ4n) is 0.869. The molecule has 0 aromatic carbocycles. The SMILES string of the molecule is CC(N)(O)Cc1ccccn1. The van der Waals surface area contributed by atoms with Crippen LogP contribution in [0.3, 0.4) is 0 Å². The molecule has 0 aliphatic heterocycles. The van der Waals surface area contributed by atoms with Crippen molar-refractivity contribution in [1.29, 1.82) is 0 Å². The molecule has 0 amide bonds. The van der Waals surface area contributed by atoms with Crippen LogP contribution in [0.25, 0.3) is 0 Å². The van der Waals surface area contributed by atoms with Crippen LogP contribution in [0, 0.1) is 0 Å². The summed E-state index contributed by atoms with van der Waals surface area (Å²) in [5, 5.41) is 9.21. The van der Waals surface area contributed by atoms with E-state index < -0.39 is 5.72 Å². The predicted octanol–water partition coefficient (Wildman–Crippen LogP) is 0.291. The van der Waals surface area contributed by atoms with Crippen LogP contribution in [-0.2, 0) is 6.42 Å². The normalized spacial score (nSPS) is 15.9. The van der Waals surface area contributed by atoms with Gasteiger partial charge in [-0.25, -0.2) is 0 Å². The molecule has 1 aromatic rings. The van der Waals surface area contributed by atoms with Gasteiger partial charge in [0.2, 0.25) is 0 Å². The van der Waals surface area contributed by atoms with Gasteiger partial charge in [0.05, 0.1) is 0 Å². The van der Waals surface area contributed by atoms with Crippen LogP contribution in [0.2, 0.25) is 0 Å². The third-order valence-electron chi connectivity index (χ3n) is 1.27. The molecule has 1 rings (SSSR count). The molecular weight excluding hydrogens is 140 g/mol. The molecule has 3 heteroatoms. The quantitative estimate of drug-likeness (QED) is 0.599. The van der Waals surface area contributed by atoms with Crippen LogP contribution in [0.1, 0.15) is 12.6 Å². The van der Waals surface area contributed by atoms with E-state index in [4.69, 9.17) is 5.73 Å². The molecule has 11 heavy (non-hydrogen) atoms. The maximum Gasteiger partial charge on any atom is 0.116 e. The molecule has 0 aliphatic carbocycles. The van der Waals surface area contributed by atoms with E-state index in [0.29, 0.717) is 6.42 Å². The lowest BCUT2D eigenvalue weighted by Crippen LogP contribution is -2.38. The number of hydrogen-bond acceptors (Lipinski definition) is 3. The number of aliphatic hydroxyl groups is 1. The molecule has 3 N–H and O–H groups in total. The first-order valence-corrected chi connectivity index (χ1v) is 3.49. The van der Waals surface area contributed by atoms with Gasteiger partial charge in [-0.15, -0.1) is 0 Å². The van der Waals surface area contributed by atoms with Crippen LogP contribution < -0.4 is 5.73 Å². The monoisotopic (exact) mass is 152 g/mol. The van der Waals surface area contributed by atoms with E-state index in [2.05, 4.69) is 4.98 Å². The van der Waals surface area contributed by atoms with Gasteiger partial charge < -0.3 is 10.8 Å². The first-order valence-electron chi connectivity index (χ1n) is 3.49. The van der Waals surface area contributed by atoms with Gasteiger partial charge >= 0.3 is 0 Å². The zero-order valence-electron chi connectivity index (χ0n) is 6.49. The number of hydrogen-bond donors (Lipinski definition) is 2. The summed E-state index contributed by atoms with van der Waals surface area (Å²) in [6, 6.07) is 5.53. The van der Waals surface area contributed by atoms with Crippen molar-refractivity contribution in [2.24, 2.45) is 5.73 Å². The van der Waals surface area contributed by atoms with Gasteiger partial charge in [0.1, 0.15) is 5.72 Å². The average molecular weight is 152 g/mol. The lowest BCUT2D eigenvalue weighted by molar-refractivity contribution is 0.0667. The Morgan fingerprint density at radius 2 is 2.36 bits per heavy atom. The molecule has 0 saturated heterocycles. The Bertz CT molecular complexity index is 215. The van der Waals surface area contributed by atoms with Gasteiger partial charge in [-0.2, -0.15) is 0 Å². The van der Waals surface area contributed by atoms with Crippen molar-refractivity contribution in [3.05, 3.63) is 30.1 Å². The maximum atomic E-state index is 9.21. The molecule has 0 saturated carbocycles. The largest absolute Gasteiger partial charge is 0.376 e. The highest BCUT2D eigenvalue weighted by molar-refractivity contribution is 5.05. The highest BCUT2D eigenvalue weighted by Crippen LogP contribution is 2.03. The topological polar surface area (TPSA) is 59.1 Å². The Morgan fingerprint density at radius 3 is 2.82 bits per heavy atom. The van der Waals surface area contributed by atoms with E-state index in [-0.39, 0.29) is 0 Å². The minimum atomic E-state index is -1.16. The number of aromatic nitrogens is 1. The van der Waals surface area contributed by atoms with E-state index in [1.54, 1.807) is 13.1 Å². The molecule has 3 nitrogen and oxygen atoms in total. The first kappa shape index (κ1) is 8.17. The Morgan fingerprint density at radius 1 is 1.64 bits per heavy atom. The molecule has 0 fully saturated rings. The third kappa shape index (κ3) is 3.11. The molecule has 0 radical (unpaired) electrons. The summed E-state index contributed by atoms with van der Waals surface area (Å²) >= 11 is 0. The van der Waals surface area contributed by atoms with Crippen molar-refractivity contribution in [1.82, 2.24) is 4.98 Å². The summed E-state index contributed by atoms with van der Waals surface area (Å²) in [7, 11) is 0. The molecule has 1 unspecified atom stereocenters. The molecule has 0 aliphatic rings. The van der Waals surface area contributed by atoms with E-state index in [0.717, 1.165) is 5.69 Å². The van der Waals surface area contributed by atoms with Crippen molar-refractivity contribution in [2.75, 3.05) is 0 Å². The second-order valence-electron chi connectivity index (χ2n) is 2.86. The summed E-state index contributed by atoms with van der Waals surface area (Å²) in [5.41, 5.74) is 5.03. The first-order chi connectivity index (χ1) is 5.08. The molecule has 1 heterocycles. The second kappa shape index (κ2) is 2.98. The molecule has 1 aromatic heterocycles. The summed E-state index contributed by atoms with van der Waals surface area (Å²) < 4.78 is 0. The predicted molar refractivity (Wildman–Crippen MR) is 42.8 cm³/mol. The highest BCUT2D eigenvalue weighted by Gasteiger charge is 2.13. The molecule has 0 spiro atoms. The van der Waals surface area contributed by atoms with Gasteiger partial charge in [-0.1, -0.05) is 6.07 Å². The lowest BCUT2D eigenvalue weighted by Gasteiger charge is -2.15. The highest BCUT2D eigenvalue weighted by atomic mass is 16.3. The maximum absolute atomic E-state index is 9.21. The van der Waals surface area contributed by atoms with Crippen LogP contribution in [0.15, 0.2) is 24.4 Å². The third-order valence-corrected chi connectivity index (χ3v) is 1.27. The Labute approximate surface area is 65.9 Å². The van der Waals surface area contributed by atoms with Gasteiger partial charge in [-0.05, 0) is 19.1 Å². The zero-order chi connectivity index (χ0) is 8.32. The van der Waals surface area contributed by atoms with E-state index in [1.165, 1.54) is 0 Å². The average Bonchev–Trinajstić information content (AvgIpc) is 1.85. The minimum absolute atomic E-state index is 0.383. The Balaban J connectivity index is 2.66. The summed E-state index contributed by atoms with van der Waals surface area (Å²) in [6.07, 6.45) is 2.06.